The zero-order valence-corrected chi connectivity index (χ0v) is 51.8. The highest BCUT2D eigenvalue weighted by Crippen LogP contribution is 2.57. The molecule has 1 aromatic heterocycles. The van der Waals surface area contributed by atoms with Gasteiger partial charge < -0.3 is 14.7 Å². The molecule has 0 saturated carbocycles. The number of rotatable bonds is 5. The molecule has 0 atom stereocenters. The number of hydrogen-bond acceptors (Lipinski definition) is 4. The summed E-state index contributed by atoms with van der Waals surface area (Å²) in [6.45, 7) is 37.0. The van der Waals surface area contributed by atoms with Gasteiger partial charge in [0.1, 0.15) is 0 Å². The normalized spacial score (nSPS) is 19.3. The van der Waals surface area contributed by atoms with Crippen LogP contribution in [0.15, 0.2) is 152 Å². The van der Waals surface area contributed by atoms with E-state index in [1.54, 1.807) is 0 Å². The maximum absolute atomic E-state index is 2.76. The number of nitrogens with zero attached hydrogens (tertiary/aromatic N) is 3. The summed E-state index contributed by atoms with van der Waals surface area (Å²) < 4.78 is 2.67. The first-order chi connectivity index (χ1) is 38.2. The molecule has 0 radical (unpaired) electrons. The predicted octanol–water partition coefficient (Wildman–Crippen LogP) is 20.0. The van der Waals surface area contributed by atoms with E-state index in [0.717, 1.165) is 49.2 Å². The summed E-state index contributed by atoms with van der Waals surface area (Å²) in [5.41, 5.74) is 25.7. The molecule has 0 amide bonds. The van der Waals surface area contributed by atoms with Crippen LogP contribution < -0.4 is 31.1 Å². The number of benzene rings is 8. The van der Waals surface area contributed by atoms with Crippen molar-refractivity contribution in [3.63, 3.8) is 0 Å². The lowest BCUT2D eigenvalue weighted by Gasteiger charge is -2.49. The van der Waals surface area contributed by atoms with Crippen molar-refractivity contribution in [1.82, 2.24) is 0 Å². The van der Waals surface area contributed by atoms with Crippen LogP contribution in [0.3, 0.4) is 0 Å². The molecule has 0 unspecified atom stereocenters. The Morgan fingerprint density at radius 3 is 1.38 bits per heavy atom. The fourth-order valence-corrected chi connectivity index (χ4v) is 16.8. The molecule has 0 fully saturated rings. The Kier molecular flexibility index (Phi) is 11.3. The van der Waals surface area contributed by atoms with E-state index in [0.29, 0.717) is 0 Å². The summed E-state index contributed by atoms with van der Waals surface area (Å²) in [7, 11) is 0. The summed E-state index contributed by atoms with van der Waals surface area (Å²) in [5.74, 6) is 0. The molecule has 3 aliphatic carbocycles. The molecule has 8 aromatic carbocycles. The topological polar surface area (TPSA) is 9.72 Å². The summed E-state index contributed by atoms with van der Waals surface area (Å²) in [6, 6.07) is 60.3. The highest BCUT2D eigenvalue weighted by Gasteiger charge is 2.50. The molecule has 3 heterocycles. The van der Waals surface area contributed by atoms with E-state index in [-0.39, 0.29) is 44.6 Å². The zero-order valence-electron chi connectivity index (χ0n) is 51.0. The van der Waals surface area contributed by atoms with Crippen LogP contribution in [0.5, 0.6) is 0 Å². The second kappa shape index (κ2) is 17.5. The van der Waals surface area contributed by atoms with E-state index < -0.39 is 0 Å². The molecule has 0 saturated heterocycles. The van der Waals surface area contributed by atoms with E-state index in [1.165, 1.54) is 116 Å². The molecule has 0 N–H and O–H groups in total. The van der Waals surface area contributed by atoms with Crippen LogP contribution in [-0.2, 0) is 37.9 Å². The number of anilines is 9. The van der Waals surface area contributed by atoms with E-state index in [2.05, 4.69) is 270 Å². The molecule has 14 rings (SSSR count). The second-order valence-corrected chi connectivity index (χ2v) is 31.2. The minimum absolute atomic E-state index is 0.00462. The average molecular weight is 1080 g/mol. The minimum atomic E-state index is -0.0373. The van der Waals surface area contributed by atoms with Crippen LogP contribution in [0.1, 0.15) is 181 Å². The Balaban J connectivity index is 1.17. The van der Waals surface area contributed by atoms with Crippen molar-refractivity contribution in [3.8, 4) is 0 Å². The van der Waals surface area contributed by atoms with E-state index in [9.17, 15) is 0 Å². The van der Waals surface area contributed by atoms with Crippen molar-refractivity contribution in [2.75, 3.05) is 14.7 Å². The van der Waals surface area contributed by atoms with Gasteiger partial charge in [-0.2, -0.15) is 0 Å². The van der Waals surface area contributed by atoms with E-state index in [4.69, 9.17) is 0 Å². The smallest absolute Gasteiger partial charge is 0.252 e. The summed E-state index contributed by atoms with van der Waals surface area (Å²) in [4.78, 5) is 8.02. The van der Waals surface area contributed by atoms with Gasteiger partial charge in [-0.1, -0.05) is 183 Å². The van der Waals surface area contributed by atoms with Crippen molar-refractivity contribution in [2.24, 2.45) is 0 Å². The maximum Gasteiger partial charge on any atom is 0.252 e. The third-order valence-corrected chi connectivity index (χ3v) is 22.2. The first kappa shape index (κ1) is 52.5. The highest BCUT2D eigenvalue weighted by atomic mass is 32.1. The molecule has 5 aliphatic rings. The molecular weight excluding hydrogens is 998 g/mol. The number of hydrogen-bond donors (Lipinski definition) is 0. The average Bonchev–Trinajstić information content (AvgIpc) is 3.86. The summed E-state index contributed by atoms with van der Waals surface area (Å²) >= 11 is 1.97. The zero-order chi connectivity index (χ0) is 56.7. The molecular formula is C76H82BN3S. The lowest BCUT2D eigenvalue weighted by molar-refractivity contribution is 0.332. The quantitative estimate of drug-likeness (QED) is 0.159. The van der Waals surface area contributed by atoms with Crippen molar-refractivity contribution in [1.29, 1.82) is 0 Å². The van der Waals surface area contributed by atoms with Gasteiger partial charge in [-0.3, -0.25) is 0 Å². The third-order valence-electron chi connectivity index (χ3n) is 21.0. The van der Waals surface area contributed by atoms with Crippen LogP contribution in [0.4, 0.5) is 51.2 Å². The van der Waals surface area contributed by atoms with Gasteiger partial charge >= 0.3 is 0 Å². The lowest BCUT2D eigenvalue weighted by atomic mass is 9.32. The molecule has 0 spiro atoms. The molecule has 81 heavy (non-hydrogen) atoms. The molecule has 5 heteroatoms. The SMILES string of the molecule is CC(C)(C)c1ccc2c(c1)sc1c(N3c4cc5c(cc4B4c6cc7c(cc6N(c6ccc8c(c6)C(C)(C)CCC8(C)C)c6cc(N(c8ccccc8)c8ccccc8)cc3c64)C(C)(C)CCC7(C)C)C(C)(C)CCC5(C)C)cccc12. The monoisotopic (exact) mass is 1080 g/mol. The number of thiophene rings is 1. The first-order valence-corrected chi connectivity index (χ1v) is 31.2. The minimum Gasteiger partial charge on any atom is -0.311 e. The largest absolute Gasteiger partial charge is 0.311 e. The lowest BCUT2D eigenvalue weighted by Crippen LogP contribution is -2.62. The van der Waals surface area contributed by atoms with Gasteiger partial charge in [0.15, 0.2) is 0 Å². The van der Waals surface area contributed by atoms with Crippen molar-refractivity contribution >= 4 is 106 Å². The van der Waals surface area contributed by atoms with Gasteiger partial charge in [-0.25, -0.2) is 0 Å². The Labute approximate surface area is 488 Å². The van der Waals surface area contributed by atoms with Crippen LogP contribution in [-0.4, -0.2) is 6.71 Å². The van der Waals surface area contributed by atoms with E-state index in [1.807, 2.05) is 11.3 Å². The fourth-order valence-electron chi connectivity index (χ4n) is 15.5. The maximum atomic E-state index is 2.76. The standard InChI is InChI=1S/C76H82BN3S/c1-70(2,3)47-29-31-52-53-27-22-28-62(69(53)81-67(52)39-47)80-64-46-59-57(74(10,11)36-38-76(59,14)15)44-61(64)77-60-43-56-58(75(12,13)37-35-73(56,8)9)45-63(60)79(50-30-32-54-55(40-50)72(6,7)34-33-71(54,4)5)65-41-51(42-66(80)68(65)77)78(48-23-18-16-19-24-48)49-25-20-17-21-26-49/h16-32,39-46H,33-38H2,1-15H3. The fraction of sp³-hybridized carbons (Fsp3) is 0.368. The van der Waals surface area contributed by atoms with Crippen molar-refractivity contribution < 1.29 is 0 Å². The molecule has 9 aromatic rings. The molecule has 2 aliphatic heterocycles. The van der Waals surface area contributed by atoms with Crippen molar-refractivity contribution in [2.45, 2.75) is 180 Å². The van der Waals surface area contributed by atoms with Gasteiger partial charge in [0.25, 0.3) is 6.71 Å². The molecule has 410 valence electrons. The van der Waals surface area contributed by atoms with Gasteiger partial charge in [-0.15, -0.1) is 11.3 Å². The number of para-hydroxylation sites is 2. The van der Waals surface area contributed by atoms with Gasteiger partial charge in [0.2, 0.25) is 0 Å². The summed E-state index contributed by atoms with van der Waals surface area (Å²) in [5, 5.41) is 2.65. The Hall–Kier alpha value is -6.56. The Bertz CT molecular complexity index is 4030. The van der Waals surface area contributed by atoms with Crippen LogP contribution >= 0.6 is 11.3 Å². The van der Waals surface area contributed by atoms with Gasteiger partial charge in [0.05, 0.1) is 16.1 Å². The summed E-state index contributed by atoms with van der Waals surface area (Å²) in [6.07, 6.45) is 6.96. The van der Waals surface area contributed by atoms with Gasteiger partial charge in [-0.05, 0) is 205 Å². The first-order valence-electron chi connectivity index (χ1n) is 30.4. The highest BCUT2D eigenvalue weighted by molar-refractivity contribution is 7.26. The van der Waals surface area contributed by atoms with Crippen molar-refractivity contribution in [3.05, 3.63) is 191 Å². The predicted molar refractivity (Wildman–Crippen MR) is 353 cm³/mol. The second-order valence-electron chi connectivity index (χ2n) is 30.2. The Morgan fingerprint density at radius 1 is 0.395 bits per heavy atom. The Morgan fingerprint density at radius 2 is 0.864 bits per heavy atom. The number of fused-ring (bicyclic) bond motifs is 10. The van der Waals surface area contributed by atoms with Crippen LogP contribution in [0.2, 0.25) is 0 Å². The van der Waals surface area contributed by atoms with Crippen LogP contribution in [0, 0.1) is 0 Å². The third kappa shape index (κ3) is 8.00. The van der Waals surface area contributed by atoms with Crippen LogP contribution in [0.25, 0.3) is 20.2 Å². The molecule has 0 bridgehead atoms. The van der Waals surface area contributed by atoms with Gasteiger partial charge in [0, 0.05) is 55.3 Å². The van der Waals surface area contributed by atoms with E-state index >= 15 is 0 Å². The molecule has 3 nitrogen and oxygen atoms in total.